The Kier molecular flexibility index (Phi) is 1.65. The summed E-state index contributed by atoms with van der Waals surface area (Å²) in [5.41, 5.74) is 3.40. The zero-order valence-corrected chi connectivity index (χ0v) is 8.98. The largest absolute Gasteiger partial charge is 0.348 e. The van der Waals surface area contributed by atoms with Crippen molar-refractivity contribution in [3.05, 3.63) is 40.1 Å². The van der Waals surface area contributed by atoms with Crippen molar-refractivity contribution in [3.63, 3.8) is 0 Å². The quantitative estimate of drug-likeness (QED) is 0.611. The molecule has 0 aliphatic rings. The third-order valence-electron chi connectivity index (χ3n) is 2.95. The highest BCUT2D eigenvalue weighted by Gasteiger charge is 2.08. The van der Waals surface area contributed by atoms with E-state index in [9.17, 15) is 4.79 Å². The van der Waals surface area contributed by atoms with Gasteiger partial charge < -0.3 is 4.98 Å². The highest BCUT2D eigenvalue weighted by atomic mass is 16.1. The van der Waals surface area contributed by atoms with Gasteiger partial charge >= 0.3 is 5.69 Å². The van der Waals surface area contributed by atoms with Crippen molar-refractivity contribution >= 4 is 16.6 Å². The topological polar surface area (TPSA) is 63.0 Å². The van der Waals surface area contributed by atoms with E-state index in [1.165, 1.54) is 10.8 Å². The lowest BCUT2D eigenvalue weighted by Crippen LogP contribution is -2.17. The molecule has 1 N–H and O–H groups in total. The van der Waals surface area contributed by atoms with Gasteiger partial charge in [-0.2, -0.15) is 9.61 Å². The molecular formula is C11H10N4O. The van der Waals surface area contributed by atoms with Crippen LogP contribution in [0.2, 0.25) is 0 Å². The molecule has 3 rings (SSSR count). The van der Waals surface area contributed by atoms with Gasteiger partial charge in [-0.15, -0.1) is 0 Å². The normalized spacial score (nSPS) is 11.4. The summed E-state index contributed by atoms with van der Waals surface area (Å²) in [4.78, 5) is 18.7. The van der Waals surface area contributed by atoms with E-state index >= 15 is 0 Å². The number of rotatable bonds is 0. The first-order valence-corrected chi connectivity index (χ1v) is 5.00. The summed E-state index contributed by atoms with van der Waals surface area (Å²) < 4.78 is 1.27. The van der Waals surface area contributed by atoms with Crippen LogP contribution in [-0.2, 0) is 0 Å². The lowest BCUT2D eigenvalue weighted by molar-refractivity contribution is 0.880. The highest BCUT2D eigenvalue weighted by molar-refractivity contribution is 5.93. The lowest BCUT2D eigenvalue weighted by Gasteiger charge is -2.05. The number of hydrogen-bond acceptors (Lipinski definition) is 3. The number of aromatic amines is 1. The second-order valence-electron chi connectivity index (χ2n) is 3.86. The minimum atomic E-state index is -0.256. The van der Waals surface area contributed by atoms with Crippen LogP contribution in [0.4, 0.5) is 0 Å². The highest BCUT2D eigenvalue weighted by Crippen LogP contribution is 2.20. The number of aryl methyl sites for hydroxylation is 2. The van der Waals surface area contributed by atoms with Crippen molar-refractivity contribution in [3.8, 4) is 0 Å². The number of nitrogens with one attached hydrogen (secondary N) is 1. The molecule has 80 valence electrons. The standard InChI is InChI=1S/C11H10N4O/c1-6-3-4-8-9(7(6)2)14-11(16)15-10(8)12-5-13-15/h3-5H,1-2H3,(H,14,16). The molecule has 1 aromatic carbocycles. The van der Waals surface area contributed by atoms with Crippen LogP contribution in [0.1, 0.15) is 11.1 Å². The van der Waals surface area contributed by atoms with Crippen LogP contribution in [-0.4, -0.2) is 19.6 Å². The van der Waals surface area contributed by atoms with Gasteiger partial charge in [-0.05, 0) is 31.0 Å². The van der Waals surface area contributed by atoms with Gasteiger partial charge in [-0.3, -0.25) is 0 Å². The molecule has 5 heteroatoms. The second-order valence-corrected chi connectivity index (χ2v) is 3.86. The Hall–Kier alpha value is -2.17. The fourth-order valence-electron chi connectivity index (χ4n) is 1.90. The van der Waals surface area contributed by atoms with Gasteiger partial charge in [0.25, 0.3) is 0 Å². The summed E-state index contributed by atoms with van der Waals surface area (Å²) in [5, 5.41) is 4.80. The van der Waals surface area contributed by atoms with Crippen LogP contribution in [0, 0.1) is 13.8 Å². The molecule has 0 bridgehead atoms. The van der Waals surface area contributed by atoms with Crippen LogP contribution >= 0.6 is 0 Å². The van der Waals surface area contributed by atoms with Crippen molar-refractivity contribution < 1.29 is 0 Å². The summed E-state index contributed by atoms with van der Waals surface area (Å²) in [6.07, 6.45) is 1.39. The Labute approximate surface area is 90.8 Å². The average Bonchev–Trinajstić information content (AvgIpc) is 2.74. The minimum absolute atomic E-state index is 0.256. The molecule has 0 amide bonds. The maximum Gasteiger partial charge on any atom is 0.348 e. The fraction of sp³-hybridized carbons (Fsp3) is 0.182. The number of benzene rings is 1. The van der Waals surface area contributed by atoms with Crippen LogP contribution in [0.25, 0.3) is 16.6 Å². The Bertz CT molecular complexity index is 754. The summed E-state index contributed by atoms with van der Waals surface area (Å²) in [6, 6.07) is 3.97. The molecule has 0 radical (unpaired) electrons. The Morgan fingerprint density at radius 3 is 2.94 bits per heavy atom. The Balaban J connectivity index is 2.68. The third kappa shape index (κ3) is 1.02. The smallest absolute Gasteiger partial charge is 0.305 e. The first kappa shape index (κ1) is 9.08. The minimum Gasteiger partial charge on any atom is -0.305 e. The number of nitrogens with zero attached hydrogens (tertiary/aromatic N) is 3. The second kappa shape index (κ2) is 2.91. The Morgan fingerprint density at radius 1 is 1.31 bits per heavy atom. The van der Waals surface area contributed by atoms with Crippen LogP contribution in [0.15, 0.2) is 23.3 Å². The fourth-order valence-corrected chi connectivity index (χ4v) is 1.90. The molecule has 0 atom stereocenters. The zero-order valence-electron chi connectivity index (χ0n) is 8.98. The van der Waals surface area contributed by atoms with E-state index < -0.39 is 0 Å². The van der Waals surface area contributed by atoms with Crippen molar-refractivity contribution in [2.45, 2.75) is 13.8 Å². The van der Waals surface area contributed by atoms with Crippen molar-refractivity contribution in [2.75, 3.05) is 0 Å². The summed E-state index contributed by atoms with van der Waals surface area (Å²) in [5.74, 6) is 0. The van der Waals surface area contributed by atoms with Gasteiger partial charge in [0.15, 0.2) is 5.65 Å². The molecule has 0 fully saturated rings. The van der Waals surface area contributed by atoms with Gasteiger partial charge in [-0.1, -0.05) is 6.07 Å². The third-order valence-corrected chi connectivity index (χ3v) is 2.95. The van der Waals surface area contributed by atoms with Gasteiger partial charge in [-0.25, -0.2) is 9.78 Å². The van der Waals surface area contributed by atoms with Gasteiger partial charge in [0.05, 0.1) is 5.52 Å². The molecule has 0 aliphatic heterocycles. The molecule has 2 heterocycles. The molecule has 0 saturated heterocycles. The SMILES string of the molecule is Cc1ccc2c([nH]c(=O)n3ncnc23)c1C. The number of H-pyrrole nitrogens is 1. The molecule has 3 aromatic rings. The predicted molar refractivity (Wildman–Crippen MR) is 60.6 cm³/mol. The molecule has 0 saturated carbocycles. The summed E-state index contributed by atoms with van der Waals surface area (Å²) in [7, 11) is 0. The number of aromatic nitrogens is 4. The molecule has 0 spiro atoms. The predicted octanol–water partition coefficient (Wildman–Crippen LogP) is 1.19. The van der Waals surface area contributed by atoms with Crippen molar-refractivity contribution in [1.82, 2.24) is 19.6 Å². The van der Waals surface area contributed by atoms with Crippen LogP contribution in [0.5, 0.6) is 0 Å². The maximum atomic E-state index is 11.7. The molecule has 16 heavy (non-hydrogen) atoms. The van der Waals surface area contributed by atoms with E-state index in [1.54, 1.807) is 0 Å². The monoisotopic (exact) mass is 214 g/mol. The van der Waals surface area contributed by atoms with Crippen molar-refractivity contribution in [2.24, 2.45) is 0 Å². The van der Waals surface area contributed by atoms with Gasteiger partial charge in [0, 0.05) is 5.39 Å². The van der Waals surface area contributed by atoms with E-state index in [0.717, 1.165) is 22.0 Å². The first-order valence-electron chi connectivity index (χ1n) is 5.00. The van der Waals surface area contributed by atoms with Crippen molar-refractivity contribution in [1.29, 1.82) is 0 Å². The number of fused-ring (bicyclic) bond motifs is 3. The van der Waals surface area contributed by atoms with E-state index in [2.05, 4.69) is 15.1 Å². The zero-order chi connectivity index (χ0) is 11.3. The summed E-state index contributed by atoms with van der Waals surface area (Å²) in [6.45, 7) is 4.00. The van der Waals surface area contributed by atoms with E-state index in [0.29, 0.717) is 5.65 Å². The molecule has 0 aliphatic carbocycles. The molecule has 2 aromatic heterocycles. The lowest BCUT2D eigenvalue weighted by atomic mass is 10.1. The van der Waals surface area contributed by atoms with E-state index in [1.807, 2.05) is 26.0 Å². The molecule has 0 unspecified atom stereocenters. The molecular weight excluding hydrogens is 204 g/mol. The van der Waals surface area contributed by atoms with Crippen LogP contribution < -0.4 is 5.69 Å². The van der Waals surface area contributed by atoms with Crippen LogP contribution in [0.3, 0.4) is 0 Å². The van der Waals surface area contributed by atoms with E-state index in [4.69, 9.17) is 0 Å². The molecule has 5 nitrogen and oxygen atoms in total. The van der Waals surface area contributed by atoms with E-state index in [-0.39, 0.29) is 5.69 Å². The Morgan fingerprint density at radius 2 is 2.12 bits per heavy atom. The summed E-state index contributed by atoms with van der Waals surface area (Å²) >= 11 is 0. The average molecular weight is 214 g/mol. The maximum absolute atomic E-state index is 11.7. The number of hydrogen-bond donors (Lipinski definition) is 1. The van der Waals surface area contributed by atoms with Gasteiger partial charge in [0.2, 0.25) is 0 Å². The van der Waals surface area contributed by atoms with Gasteiger partial charge in [0.1, 0.15) is 6.33 Å². The first-order chi connectivity index (χ1) is 7.68.